The number of hydrogen-bond acceptors (Lipinski definition) is 2. The number of carbonyl (C=O) groups is 1. The van der Waals surface area contributed by atoms with E-state index in [1.807, 2.05) is 0 Å². The molecule has 0 radical (unpaired) electrons. The largest absolute Gasteiger partial charge is 0.355 e. The normalized spacial score (nSPS) is 27.4. The molecule has 0 spiro atoms. The number of nitrogens with one attached hydrogen (secondary N) is 2. The molecule has 1 rings (SSSR count). The van der Waals surface area contributed by atoms with Crippen molar-refractivity contribution < 1.29 is 4.79 Å². The van der Waals surface area contributed by atoms with Gasteiger partial charge >= 0.3 is 0 Å². The fourth-order valence-corrected chi connectivity index (χ4v) is 2.22. The average molecular weight is 226 g/mol. The van der Waals surface area contributed by atoms with Crippen LogP contribution in [0, 0.1) is 11.3 Å². The van der Waals surface area contributed by atoms with Gasteiger partial charge in [-0.15, -0.1) is 0 Å². The Labute approximate surface area is 99.4 Å². The second-order valence-corrected chi connectivity index (χ2v) is 5.14. The standard InChI is InChI=1S/C13H26N2O/c1-4-11(3)9-15-12(16)13(5-2)7-6-8-14-10-13/h11,14H,4-10H2,1-3H3,(H,15,16). The first-order valence-corrected chi connectivity index (χ1v) is 6.63. The molecule has 1 aliphatic rings. The van der Waals surface area contributed by atoms with Crippen LogP contribution in [-0.4, -0.2) is 25.5 Å². The van der Waals surface area contributed by atoms with E-state index in [1.165, 1.54) is 0 Å². The molecule has 2 unspecified atom stereocenters. The Morgan fingerprint density at radius 3 is 2.75 bits per heavy atom. The highest BCUT2D eigenvalue weighted by atomic mass is 16.2. The van der Waals surface area contributed by atoms with E-state index in [2.05, 4.69) is 31.4 Å². The zero-order valence-electron chi connectivity index (χ0n) is 10.9. The Morgan fingerprint density at radius 2 is 2.25 bits per heavy atom. The maximum atomic E-state index is 12.2. The Balaban J connectivity index is 2.48. The van der Waals surface area contributed by atoms with Crippen molar-refractivity contribution in [2.24, 2.45) is 11.3 Å². The summed E-state index contributed by atoms with van der Waals surface area (Å²) >= 11 is 0. The lowest BCUT2D eigenvalue weighted by Crippen LogP contribution is -2.50. The van der Waals surface area contributed by atoms with Gasteiger partial charge in [0.1, 0.15) is 0 Å². The first-order chi connectivity index (χ1) is 7.64. The molecule has 0 aromatic heterocycles. The van der Waals surface area contributed by atoms with Crippen LogP contribution in [-0.2, 0) is 4.79 Å². The molecule has 1 saturated heterocycles. The molecule has 94 valence electrons. The van der Waals surface area contributed by atoms with Crippen LogP contribution in [0.3, 0.4) is 0 Å². The molecule has 3 nitrogen and oxygen atoms in total. The van der Waals surface area contributed by atoms with Crippen LogP contribution in [0.1, 0.15) is 46.5 Å². The first kappa shape index (κ1) is 13.5. The van der Waals surface area contributed by atoms with Crippen LogP contribution < -0.4 is 10.6 Å². The molecular weight excluding hydrogens is 200 g/mol. The van der Waals surface area contributed by atoms with Crippen LogP contribution in [0.25, 0.3) is 0 Å². The molecule has 1 amide bonds. The van der Waals surface area contributed by atoms with Crippen molar-refractivity contribution in [3.63, 3.8) is 0 Å². The third-order valence-corrected chi connectivity index (χ3v) is 3.94. The van der Waals surface area contributed by atoms with Crippen LogP contribution in [0.4, 0.5) is 0 Å². The van der Waals surface area contributed by atoms with E-state index in [9.17, 15) is 4.79 Å². The minimum absolute atomic E-state index is 0.147. The van der Waals surface area contributed by atoms with Crippen LogP contribution in [0.15, 0.2) is 0 Å². The van der Waals surface area contributed by atoms with Crippen molar-refractivity contribution in [1.82, 2.24) is 10.6 Å². The number of carbonyl (C=O) groups excluding carboxylic acids is 1. The highest BCUT2D eigenvalue weighted by molar-refractivity contribution is 5.83. The molecule has 0 aliphatic carbocycles. The summed E-state index contributed by atoms with van der Waals surface area (Å²) in [4.78, 5) is 12.2. The molecule has 1 aliphatic heterocycles. The predicted molar refractivity (Wildman–Crippen MR) is 67.3 cm³/mol. The van der Waals surface area contributed by atoms with E-state index in [4.69, 9.17) is 0 Å². The van der Waals surface area contributed by atoms with Crippen molar-refractivity contribution in [2.45, 2.75) is 46.5 Å². The topological polar surface area (TPSA) is 41.1 Å². The molecule has 2 atom stereocenters. The predicted octanol–water partition coefficient (Wildman–Crippen LogP) is 1.93. The zero-order chi connectivity index (χ0) is 12.0. The summed E-state index contributed by atoms with van der Waals surface area (Å²) in [5, 5.41) is 6.46. The molecular formula is C13H26N2O. The maximum absolute atomic E-state index is 12.2. The zero-order valence-corrected chi connectivity index (χ0v) is 10.9. The molecule has 0 saturated carbocycles. The van der Waals surface area contributed by atoms with E-state index < -0.39 is 0 Å². The number of hydrogen-bond donors (Lipinski definition) is 2. The molecule has 0 aromatic rings. The van der Waals surface area contributed by atoms with Crippen molar-refractivity contribution in [2.75, 3.05) is 19.6 Å². The van der Waals surface area contributed by atoms with Crippen molar-refractivity contribution in [3.05, 3.63) is 0 Å². The lowest BCUT2D eigenvalue weighted by atomic mass is 9.77. The van der Waals surface area contributed by atoms with Gasteiger partial charge in [-0.2, -0.15) is 0 Å². The minimum Gasteiger partial charge on any atom is -0.355 e. The van der Waals surface area contributed by atoms with Gasteiger partial charge < -0.3 is 10.6 Å². The number of amides is 1. The van der Waals surface area contributed by atoms with Crippen molar-refractivity contribution in [3.8, 4) is 0 Å². The monoisotopic (exact) mass is 226 g/mol. The molecule has 16 heavy (non-hydrogen) atoms. The summed E-state index contributed by atoms with van der Waals surface area (Å²) in [5.41, 5.74) is -0.147. The summed E-state index contributed by atoms with van der Waals surface area (Å²) in [6, 6.07) is 0. The van der Waals surface area contributed by atoms with Crippen LogP contribution in [0.5, 0.6) is 0 Å². The molecule has 2 N–H and O–H groups in total. The lowest BCUT2D eigenvalue weighted by molar-refractivity contribution is -0.132. The molecule has 0 bridgehead atoms. The van der Waals surface area contributed by atoms with Gasteiger partial charge in [-0.1, -0.05) is 27.2 Å². The quantitative estimate of drug-likeness (QED) is 0.752. The van der Waals surface area contributed by atoms with Gasteiger partial charge in [0, 0.05) is 13.1 Å². The Hall–Kier alpha value is -0.570. The Kier molecular flexibility index (Phi) is 5.26. The third kappa shape index (κ3) is 3.21. The highest BCUT2D eigenvalue weighted by Crippen LogP contribution is 2.30. The molecule has 0 aromatic carbocycles. The molecule has 1 heterocycles. The number of piperidine rings is 1. The van der Waals surface area contributed by atoms with Gasteiger partial charge in [-0.05, 0) is 31.7 Å². The van der Waals surface area contributed by atoms with Crippen molar-refractivity contribution >= 4 is 5.91 Å². The Morgan fingerprint density at radius 1 is 1.50 bits per heavy atom. The maximum Gasteiger partial charge on any atom is 0.227 e. The second-order valence-electron chi connectivity index (χ2n) is 5.14. The fourth-order valence-electron chi connectivity index (χ4n) is 2.22. The van der Waals surface area contributed by atoms with E-state index >= 15 is 0 Å². The second kappa shape index (κ2) is 6.24. The SMILES string of the molecule is CCC(C)CNC(=O)C1(CC)CCCNC1. The summed E-state index contributed by atoms with van der Waals surface area (Å²) in [6.07, 6.45) is 4.21. The smallest absolute Gasteiger partial charge is 0.227 e. The summed E-state index contributed by atoms with van der Waals surface area (Å²) in [6.45, 7) is 9.18. The van der Waals surface area contributed by atoms with Gasteiger partial charge in [0.05, 0.1) is 5.41 Å². The highest BCUT2D eigenvalue weighted by Gasteiger charge is 2.37. The van der Waals surface area contributed by atoms with Crippen molar-refractivity contribution in [1.29, 1.82) is 0 Å². The fraction of sp³-hybridized carbons (Fsp3) is 0.923. The van der Waals surface area contributed by atoms with E-state index in [-0.39, 0.29) is 11.3 Å². The molecule has 1 fully saturated rings. The van der Waals surface area contributed by atoms with Gasteiger partial charge in [-0.25, -0.2) is 0 Å². The number of rotatable bonds is 5. The lowest BCUT2D eigenvalue weighted by Gasteiger charge is -2.35. The summed E-state index contributed by atoms with van der Waals surface area (Å²) in [5.74, 6) is 0.830. The van der Waals surface area contributed by atoms with E-state index in [0.717, 1.165) is 45.3 Å². The van der Waals surface area contributed by atoms with Crippen LogP contribution in [0.2, 0.25) is 0 Å². The van der Waals surface area contributed by atoms with Gasteiger partial charge in [-0.3, -0.25) is 4.79 Å². The van der Waals surface area contributed by atoms with E-state index in [0.29, 0.717) is 5.92 Å². The van der Waals surface area contributed by atoms with Gasteiger partial charge in [0.25, 0.3) is 0 Å². The van der Waals surface area contributed by atoms with Crippen LogP contribution >= 0.6 is 0 Å². The van der Waals surface area contributed by atoms with Gasteiger partial charge in [0.15, 0.2) is 0 Å². The Bertz CT molecular complexity index is 222. The molecule has 3 heteroatoms. The average Bonchev–Trinajstić information content (AvgIpc) is 2.36. The van der Waals surface area contributed by atoms with E-state index in [1.54, 1.807) is 0 Å². The third-order valence-electron chi connectivity index (χ3n) is 3.94. The van der Waals surface area contributed by atoms with Gasteiger partial charge in [0.2, 0.25) is 5.91 Å². The summed E-state index contributed by atoms with van der Waals surface area (Å²) < 4.78 is 0. The first-order valence-electron chi connectivity index (χ1n) is 6.63. The minimum atomic E-state index is -0.147. The summed E-state index contributed by atoms with van der Waals surface area (Å²) in [7, 11) is 0.